The van der Waals surface area contributed by atoms with Gasteiger partial charge in [-0.05, 0) is 6.07 Å². The van der Waals surface area contributed by atoms with Crippen LogP contribution in [0, 0.1) is 10.1 Å². The van der Waals surface area contributed by atoms with Crippen molar-refractivity contribution in [2.24, 2.45) is 0 Å². The number of nitro benzene ring substituents is 1. The Hall–Kier alpha value is -1.47. The van der Waals surface area contributed by atoms with Gasteiger partial charge in [0.15, 0.2) is 0 Å². The van der Waals surface area contributed by atoms with E-state index in [9.17, 15) is 14.9 Å². The molecule has 0 aromatic heterocycles. The molecule has 1 aromatic carbocycles. The summed E-state index contributed by atoms with van der Waals surface area (Å²) in [6.07, 6.45) is 0. The second-order valence-corrected chi connectivity index (χ2v) is 4.41. The van der Waals surface area contributed by atoms with Crippen molar-refractivity contribution >= 4 is 40.7 Å². The number of nitrogens with one attached hydrogen (secondary N) is 1. The highest BCUT2D eigenvalue weighted by molar-refractivity contribution is 8.00. The van der Waals surface area contributed by atoms with Crippen LogP contribution in [0.25, 0.3) is 0 Å². The Kier molecular flexibility index (Phi) is 4.59. The van der Waals surface area contributed by atoms with E-state index in [1.807, 2.05) is 0 Å². The third-order valence-corrected chi connectivity index (χ3v) is 3.33. The Balaban J connectivity index is 3.08. The van der Waals surface area contributed by atoms with E-state index in [0.29, 0.717) is 10.6 Å². The topological polar surface area (TPSA) is 92.5 Å². The van der Waals surface area contributed by atoms with Crippen molar-refractivity contribution < 1.29 is 14.8 Å². The lowest BCUT2D eigenvalue weighted by atomic mass is 10.2. The van der Waals surface area contributed by atoms with E-state index < -0.39 is 10.9 Å². The molecular weight excluding hydrogens is 268 g/mol. The summed E-state index contributed by atoms with van der Waals surface area (Å²) in [6, 6.07) is 2.67. The van der Waals surface area contributed by atoms with Crippen molar-refractivity contribution in [3.63, 3.8) is 0 Å². The summed E-state index contributed by atoms with van der Waals surface area (Å²) in [5.74, 6) is -1.13. The molecule has 0 amide bonds. The van der Waals surface area contributed by atoms with Gasteiger partial charge in [0.05, 0.1) is 15.7 Å². The fraction of sp³-hybridized carbons (Fsp3) is 0.222. The van der Waals surface area contributed by atoms with Gasteiger partial charge < -0.3 is 10.4 Å². The van der Waals surface area contributed by atoms with Crippen molar-refractivity contribution in [3.05, 3.63) is 27.3 Å². The van der Waals surface area contributed by atoms with Crippen molar-refractivity contribution in [1.29, 1.82) is 0 Å². The minimum absolute atomic E-state index is 0.142. The van der Waals surface area contributed by atoms with Gasteiger partial charge in [0.25, 0.3) is 5.69 Å². The highest BCUT2D eigenvalue weighted by atomic mass is 35.5. The molecule has 92 valence electrons. The Labute approximate surface area is 106 Å². The Morgan fingerprint density at radius 1 is 1.65 bits per heavy atom. The van der Waals surface area contributed by atoms with Crippen LogP contribution in [-0.2, 0) is 4.79 Å². The molecule has 0 unspecified atom stereocenters. The maximum atomic E-state index is 10.7. The van der Waals surface area contributed by atoms with Gasteiger partial charge in [0.2, 0.25) is 0 Å². The van der Waals surface area contributed by atoms with E-state index in [1.54, 1.807) is 7.05 Å². The maximum Gasteiger partial charge on any atom is 0.313 e. The average molecular weight is 277 g/mol. The predicted molar refractivity (Wildman–Crippen MR) is 66.0 cm³/mol. The number of hydrogen-bond acceptors (Lipinski definition) is 5. The second-order valence-electron chi connectivity index (χ2n) is 2.99. The molecule has 0 aliphatic carbocycles. The van der Waals surface area contributed by atoms with Crippen LogP contribution in [-0.4, -0.2) is 28.8 Å². The molecule has 0 atom stereocenters. The van der Waals surface area contributed by atoms with Crippen LogP contribution in [0.5, 0.6) is 0 Å². The van der Waals surface area contributed by atoms with Crippen LogP contribution >= 0.6 is 23.4 Å². The summed E-state index contributed by atoms with van der Waals surface area (Å²) in [6.45, 7) is 0. The van der Waals surface area contributed by atoms with Gasteiger partial charge in [-0.15, -0.1) is 11.8 Å². The van der Waals surface area contributed by atoms with Crippen LogP contribution in [0.15, 0.2) is 17.0 Å². The van der Waals surface area contributed by atoms with Gasteiger partial charge in [-0.25, -0.2) is 0 Å². The Morgan fingerprint density at radius 3 is 2.76 bits per heavy atom. The SMILES string of the molecule is CNc1cc(SCC(=O)O)c(Cl)cc1[N+](=O)[O-]. The number of thioether (sulfide) groups is 1. The number of carboxylic acid groups (broad SMARTS) is 1. The molecule has 0 bridgehead atoms. The normalized spacial score (nSPS) is 10.0. The highest BCUT2D eigenvalue weighted by Gasteiger charge is 2.17. The number of carboxylic acids is 1. The van der Waals surface area contributed by atoms with Crippen LogP contribution in [0.4, 0.5) is 11.4 Å². The quantitative estimate of drug-likeness (QED) is 0.487. The van der Waals surface area contributed by atoms with Crippen molar-refractivity contribution in [2.45, 2.75) is 4.90 Å². The lowest BCUT2D eigenvalue weighted by Gasteiger charge is -2.07. The van der Waals surface area contributed by atoms with Crippen molar-refractivity contribution in [1.82, 2.24) is 0 Å². The molecule has 0 saturated heterocycles. The molecule has 17 heavy (non-hydrogen) atoms. The zero-order valence-electron chi connectivity index (χ0n) is 8.77. The van der Waals surface area contributed by atoms with Gasteiger partial charge in [-0.2, -0.15) is 0 Å². The summed E-state index contributed by atoms with van der Waals surface area (Å²) in [7, 11) is 1.54. The average Bonchev–Trinajstić information content (AvgIpc) is 2.26. The standard InChI is InChI=1S/C9H9ClN2O4S/c1-11-6-3-8(17-4-9(13)14)5(10)2-7(6)12(15)16/h2-3,11H,4H2,1H3,(H,13,14). The van der Waals surface area contributed by atoms with E-state index in [2.05, 4.69) is 5.32 Å². The zero-order chi connectivity index (χ0) is 13.0. The Bertz CT molecular complexity index is 467. The summed E-state index contributed by atoms with van der Waals surface area (Å²) in [5.41, 5.74) is 0.157. The minimum Gasteiger partial charge on any atom is -0.481 e. The third-order valence-electron chi connectivity index (χ3n) is 1.87. The number of anilines is 1. The molecule has 8 heteroatoms. The van der Waals surface area contributed by atoms with Gasteiger partial charge in [-0.3, -0.25) is 14.9 Å². The molecule has 0 heterocycles. The van der Waals surface area contributed by atoms with Gasteiger partial charge in [0, 0.05) is 18.0 Å². The van der Waals surface area contributed by atoms with Crippen molar-refractivity contribution in [2.75, 3.05) is 18.1 Å². The van der Waals surface area contributed by atoms with E-state index in [-0.39, 0.29) is 16.5 Å². The number of hydrogen-bond donors (Lipinski definition) is 2. The minimum atomic E-state index is -0.976. The molecule has 0 saturated carbocycles. The molecule has 0 radical (unpaired) electrons. The number of nitro groups is 1. The third kappa shape index (κ3) is 3.50. The second kappa shape index (κ2) is 5.74. The largest absolute Gasteiger partial charge is 0.481 e. The first kappa shape index (κ1) is 13.6. The summed E-state index contributed by atoms with van der Waals surface area (Å²) in [4.78, 5) is 21.1. The molecule has 0 fully saturated rings. The molecule has 1 aromatic rings. The van der Waals surface area contributed by atoms with Gasteiger partial charge in [0.1, 0.15) is 5.69 Å². The fourth-order valence-corrected chi connectivity index (χ4v) is 2.14. The number of benzene rings is 1. The van der Waals surface area contributed by atoms with Crippen LogP contribution in [0.2, 0.25) is 5.02 Å². The molecular formula is C9H9ClN2O4S. The number of carbonyl (C=O) groups is 1. The summed E-state index contributed by atoms with van der Waals surface area (Å²) < 4.78 is 0. The molecule has 0 aliphatic heterocycles. The Morgan fingerprint density at radius 2 is 2.29 bits per heavy atom. The number of rotatable bonds is 5. The van der Waals surface area contributed by atoms with E-state index in [4.69, 9.17) is 16.7 Å². The fourth-order valence-electron chi connectivity index (χ4n) is 1.14. The number of aliphatic carboxylic acids is 1. The first-order valence-electron chi connectivity index (χ1n) is 4.46. The van der Waals surface area contributed by atoms with Gasteiger partial charge in [-0.1, -0.05) is 11.6 Å². The van der Waals surface area contributed by atoms with E-state index >= 15 is 0 Å². The predicted octanol–water partition coefficient (Wildman–Crippen LogP) is 2.47. The van der Waals surface area contributed by atoms with Crippen LogP contribution in [0.1, 0.15) is 0 Å². The number of nitrogens with zero attached hydrogens (tertiary/aromatic N) is 1. The molecule has 6 nitrogen and oxygen atoms in total. The molecule has 0 aliphatic rings. The van der Waals surface area contributed by atoms with Crippen LogP contribution in [0.3, 0.4) is 0 Å². The molecule has 0 spiro atoms. The monoisotopic (exact) mass is 276 g/mol. The van der Waals surface area contributed by atoms with Crippen LogP contribution < -0.4 is 5.32 Å². The first-order valence-corrected chi connectivity index (χ1v) is 5.82. The zero-order valence-corrected chi connectivity index (χ0v) is 10.3. The highest BCUT2D eigenvalue weighted by Crippen LogP contribution is 2.36. The van der Waals surface area contributed by atoms with Crippen molar-refractivity contribution in [3.8, 4) is 0 Å². The van der Waals surface area contributed by atoms with E-state index in [1.165, 1.54) is 12.1 Å². The maximum absolute atomic E-state index is 10.7. The summed E-state index contributed by atoms with van der Waals surface area (Å²) in [5, 5.41) is 22.1. The summed E-state index contributed by atoms with van der Waals surface area (Å²) >= 11 is 6.85. The lowest BCUT2D eigenvalue weighted by Crippen LogP contribution is -2.00. The number of halogens is 1. The first-order chi connectivity index (χ1) is 7.95. The van der Waals surface area contributed by atoms with E-state index in [0.717, 1.165) is 11.8 Å². The molecule has 1 rings (SSSR count). The molecule has 2 N–H and O–H groups in total. The lowest BCUT2D eigenvalue weighted by molar-refractivity contribution is -0.384. The smallest absolute Gasteiger partial charge is 0.313 e. The van der Waals surface area contributed by atoms with Gasteiger partial charge >= 0.3 is 5.97 Å².